The van der Waals surface area contributed by atoms with Crippen LogP contribution >= 0.6 is 0 Å². The molecule has 1 aromatic carbocycles. The van der Waals surface area contributed by atoms with Gasteiger partial charge in [-0.25, -0.2) is 0 Å². The Morgan fingerprint density at radius 1 is 1.23 bits per heavy atom. The van der Waals surface area contributed by atoms with Crippen LogP contribution < -0.4 is 0 Å². The molecule has 0 aromatic heterocycles. The number of hydrogen-bond donors (Lipinski definition) is 2. The van der Waals surface area contributed by atoms with Crippen molar-refractivity contribution in [2.24, 2.45) is 0 Å². The van der Waals surface area contributed by atoms with Crippen LogP contribution in [-0.2, 0) is 0 Å². The number of rotatable bonds is 3. The Kier molecular flexibility index (Phi) is 3.07. The first-order valence-corrected chi connectivity index (χ1v) is 4.44. The molecule has 0 unspecified atom stereocenters. The summed E-state index contributed by atoms with van der Waals surface area (Å²) in [5, 5.41) is 18.9. The zero-order chi connectivity index (χ0) is 9.90. The molecule has 0 amide bonds. The predicted octanol–water partition coefficient (Wildman–Crippen LogP) is 1.53. The Hall–Kier alpha value is -0.860. The average molecular weight is 180 g/mol. The Morgan fingerprint density at radius 2 is 1.77 bits per heavy atom. The summed E-state index contributed by atoms with van der Waals surface area (Å²) in [7, 11) is 0. The zero-order valence-electron chi connectivity index (χ0n) is 8.07. The quantitative estimate of drug-likeness (QED) is 0.740. The molecule has 13 heavy (non-hydrogen) atoms. The molecule has 0 saturated heterocycles. The van der Waals surface area contributed by atoms with Crippen LogP contribution in [0.25, 0.3) is 0 Å². The largest absolute Gasteiger partial charge is 0.396 e. The number of benzene rings is 1. The van der Waals surface area contributed by atoms with Gasteiger partial charge in [-0.2, -0.15) is 0 Å². The van der Waals surface area contributed by atoms with E-state index in [2.05, 4.69) is 0 Å². The number of aliphatic hydroxyl groups excluding tert-OH is 1. The molecule has 1 aromatic rings. The van der Waals surface area contributed by atoms with Crippen LogP contribution in [0.5, 0.6) is 0 Å². The van der Waals surface area contributed by atoms with Gasteiger partial charge >= 0.3 is 0 Å². The molecule has 0 heterocycles. The molecule has 0 aliphatic carbocycles. The molecule has 2 nitrogen and oxygen atoms in total. The van der Waals surface area contributed by atoms with Crippen molar-refractivity contribution >= 4 is 0 Å². The van der Waals surface area contributed by atoms with E-state index in [1.807, 2.05) is 30.3 Å². The smallest absolute Gasteiger partial charge is 0.0682 e. The first-order valence-electron chi connectivity index (χ1n) is 4.44. The highest BCUT2D eigenvalue weighted by atomic mass is 16.3. The highest BCUT2D eigenvalue weighted by Crippen LogP contribution is 2.26. The molecule has 0 saturated carbocycles. The van der Waals surface area contributed by atoms with E-state index in [0.717, 1.165) is 5.56 Å². The summed E-state index contributed by atoms with van der Waals surface area (Å²) >= 11 is 0. The second kappa shape index (κ2) is 3.90. The highest BCUT2D eigenvalue weighted by molar-refractivity contribution is 5.22. The van der Waals surface area contributed by atoms with Gasteiger partial charge in [-0.05, 0) is 19.4 Å². The molecule has 2 heteroatoms. The maximum atomic E-state index is 9.77. The zero-order valence-corrected chi connectivity index (χ0v) is 8.07. The highest BCUT2D eigenvalue weighted by Gasteiger charge is 2.27. The van der Waals surface area contributed by atoms with E-state index in [-0.39, 0.29) is 12.5 Å². The van der Waals surface area contributed by atoms with E-state index in [1.54, 1.807) is 13.8 Å². The van der Waals surface area contributed by atoms with Gasteiger partial charge in [0, 0.05) is 5.92 Å². The van der Waals surface area contributed by atoms with E-state index < -0.39 is 5.60 Å². The lowest BCUT2D eigenvalue weighted by Crippen LogP contribution is -2.31. The van der Waals surface area contributed by atoms with Crippen LogP contribution in [0.4, 0.5) is 0 Å². The van der Waals surface area contributed by atoms with E-state index in [0.29, 0.717) is 0 Å². The molecule has 0 fully saturated rings. The fourth-order valence-electron chi connectivity index (χ4n) is 1.42. The summed E-state index contributed by atoms with van der Waals surface area (Å²) < 4.78 is 0. The summed E-state index contributed by atoms with van der Waals surface area (Å²) in [6.45, 7) is 3.38. The van der Waals surface area contributed by atoms with Crippen molar-refractivity contribution in [3.8, 4) is 0 Å². The van der Waals surface area contributed by atoms with Gasteiger partial charge in [-0.15, -0.1) is 0 Å². The first-order chi connectivity index (χ1) is 6.05. The fraction of sp³-hybridized carbons (Fsp3) is 0.455. The standard InChI is InChI=1S/C11H16O2/c1-11(2,13)10(8-12)9-6-4-3-5-7-9/h3-7,10,12-13H,8H2,1-2H3/t10-/m1/s1. The van der Waals surface area contributed by atoms with E-state index >= 15 is 0 Å². The third-order valence-corrected chi connectivity index (χ3v) is 2.24. The first kappa shape index (κ1) is 10.2. The van der Waals surface area contributed by atoms with Crippen molar-refractivity contribution in [3.63, 3.8) is 0 Å². The topological polar surface area (TPSA) is 40.5 Å². The SMILES string of the molecule is CC(C)(O)[C@H](CO)c1ccccc1. The third-order valence-electron chi connectivity index (χ3n) is 2.24. The fourth-order valence-corrected chi connectivity index (χ4v) is 1.42. The minimum Gasteiger partial charge on any atom is -0.396 e. The summed E-state index contributed by atoms with van der Waals surface area (Å²) in [5.74, 6) is -0.214. The van der Waals surface area contributed by atoms with Gasteiger partial charge in [0.2, 0.25) is 0 Å². The van der Waals surface area contributed by atoms with E-state index in [4.69, 9.17) is 5.11 Å². The molecule has 1 rings (SSSR count). The average Bonchev–Trinajstić information content (AvgIpc) is 2.05. The molecule has 0 aliphatic heterocycles. The second-order valence-electron chi connectivity index (χ2n) is 3.80. The van der Waals surface area contributed by atoms with Crippen LogP contribution in [0.2, 0.25) is 0 Å². The summed E-state index contributed by atoms with van der Waals surface area (Å²) in [6, 6.07) is 9.56. The van der Waals surface area contributed by atoms with Crippen LogP contribution in [0.3, 0.4) is 0 Å². The van der Waals surface area contributed by atoms with Crippen molar-refractivity contribution in [1.29, 1.82) is 0 Å². The van der Waals surface area contributed by atoms with Crippen molar-refractivity contribution < 1.29 is 10.2 Å². The van der Waals surface area contributed by atoms with Crippen molar-refractivity contribution in [2.75, 3.05) is 6.61 Å². The van der Waals surface area contributed by atoms with Crippen LogP contribution in [0.1, 0.15) is 25.3 Å². The van der Waals surface area contributed by atoms with Crippen LogP contribution in [0, 0.1) is 0 Å². The summed E-state index contributed by atoms with van der Waals surface area (Å²) in [4.78, 5) is 0. The normalized spacial score (nSPS) is 14.2. The summed E-state index contributed by atoms with van der Waals surface area (Å²) in [5.41, 5.74) is 0.0910. The van der Waals surface area contributed by atoms with Gasteiger partial charge < -0.3 is 10.2 Å². The molecule has 0 aliphatic rings. The second-order valence-corrected chi connectivity index (χ2v) is 3.80. The summed E-state index contributed by atoms with van der Waals surface area (Å²) in [6.07, 6.45) is 0. The monoisotopic (exact) mass is 180 g/mol. The Morgan fingerprint density at radius 3 is 2.15 bits per heavy atom. The molecule has 0 radical (unpaired) electrons. The lowest BCUT2D eigenvalue weighted by Gasteiger charge is -2.27. The Balaban J connectivity index is 2.92. The van der Waals surface area contributed by atoms with Gasteiger partial charge in [0.1, 0.15) is 0 Å². The van der Waals surface area contributed by atoms with Crippen LogP contribution in [0.15, 0.2) is 30.3 Å². The number of hydrogen-bond acceptors (Lipinski definition) is 2. The van der Waals surface area contributed by atoms with Gasteiger partial charge in [-0.1, -0.05) is 30.3 Å². The Labute approximate surface area is 78.8 Å². The predicted molar refractivity (Wildman–Crippen MR) is 52.6 cm³/mol. The third kappa shape index (κ3) is 2.54. The lowest BCUT2D eigenvalue weighted by molar-refractivity contribution is 0.0272. The molecule has 1 atom stereocenters. The lowest BCUT2D eigenvalue weighted by atomic mass is 9.85. The molecule has 2 N–H and O–H groups in total. The van der Waals surface area contributed by atoms with Gasteiger partial charge in [0.05, 0.1) is 12.2 Å². The van der Waals surface area contributed by atoms with E-state index in [1.165, 1.54) is 0 Å². The van der Waals surface area contributed by atoms with Gasteiger partial charge in [0.15, 0.2) is 0 Å². The molecular formula is C11H16O2. The van der Waals surface area contributed by atoms with Crippen molar-refractivity contribution in [3.05, 3.63) is 35.9 Å². The van der Waals surface area contributed by atoms with Crippen molar-refractivity contribution in [1.82, 2.24) is 0 Å². The maximum Gasteiger partial charge on any atom is 0.0682 e. The Bertz CT molecular complexity index is 249. The minimum absolute atomic E-state index is 0.0342. The number of aliphatic hydroxyl groups is 2. The molecule has 0 spiro atoms. The van der Waals surface area contributed by atoms with Gasteiger partial charge in [0.25, 0.3) is 0 Å². The maximum absolute atomic E-state index is 9.77. The van der Waals surface area contributed by atoms with Gasteiger partial charge in [-0.3, -0.25) is 0 Å². The molecule has 0 bridgehead atoms. The molecule has 72 valence electrons. The minimum atomic E-state index is -0.879. The van der Waals surface area contributed by atoms with Crippen molar-refractivity contribution in [2.45, 2.75) is 25.4 Å². The van der Waals surface area contributed by atoms with Crippen LogP contribution in [-0.4, -0.2) is 22.4 Å². The van der Waals surface area contributed by atoms with E-state index in [9.17, 15) is 5.11 Å². The molecular weight excluding hydrogens is 164 g/mol.